The van der Waals surface area contributed by atoms with Crippen LogP contribution in [0, 0.1) is 19.7 Å². The summed E-state index contributed by atoms with van der Waals surface area (Å²) in [6.45, 7) is 3.29. The second-order valence-corrected chi connectivity index (χ2v) is 5.69. The van der Waals surface area contributed by atoms with Gasteiger partial charge in [0.05, 0.1) is 23.1 Å². The Bertz CT molecular complexity index is 1060. The number of benzene rings is 2. The quantitative estimate of drug-likeness (QED) is 0.558. The van der Waals surface area contributed by atoms with Crippen LogP contribution in [0.25, 0.3) is 16.6 Å². The van der Waals surface area contributed by atoms with Gasteiger partial charge >= 0.3 is 0 Å². The summed E-state index contributed by atoms with van der Waals surface area (Å²) in [7, 11) is 0. The van der Waals surface area contributed by atoms with Crippen molar-refractivity contribution < 1.29 is 9.13 Å². The summed E-state index contributed by atoms with van der Waals surface area (Å²) in [6.07, 6.45) is 1.82. The summed E-state index contributed by atoms with van der Waals surface area (Å²) < 4.78 is 21.5. The predicted octanol–water partition coefficient (Wildman–Crippen LogP) is 4.36. The molecular weight excluding hydrogens is 319 g/mol. The number of fused-ring (bicyclic) bond motifs is 1. The number of rotatable bonds is 3. The molecule has 0 atom stereocenters. The van der Waals surface area contributed by atoms with Gasteiger partial charge in [0, 0.05) is 5.39 Å². The third-order valence-electron chi connectivity index (χ3n) is 3.87. The third kappa shape index (κ3) is 2.82. The Morgan fingerprint density at radius 3 is 2.52 bits per heavy atom. The number of aromatic nitrogens is 4. The van der Waals surface area contributed by atoms with Crippen LogP contribution in [0.5, 0.6) is 11.6 Å². The Hall–Kier alpha value is -3.28. The van der Waals surface area contributed by atoms with Crippen molar-refractivity contribution in [2.45, 2.75) is 13.8 Å². The Morgan fingerprint density at radius 1 is 0.960 bits per heavy atom. The second-order valence-electron chi connectivity index (χ2n) is 5.69. The van der Waals surface area contributed by atoms with Gasteiger partial charge in [0.25, 0.3) is 5.88 Å². The minimum Gasteiger partial charge on any atom is -0.436 e. The van der Waals surface area contributed by atoms with E-state index < -0.39 is 5.82 Å². The molecule has 4 rings (SSSR count). The topological polar surface area (TPSA) is 52.8 Å². The van der Waals surface area contributed by atoms with E-state index in [1.807, 2.05) is 47.3 Å². The lowest BCUT2D eigenvalue weighted by atomic mass is 10.2. The van der Waals surface area contributed by atoms with Gasteiger partial charge in [-0.15, -0.1) is 0 Å². The van der Waals surface area contributed by atoms with Crippen LogP contribution in [0.2, 0.25) is 0 Å². The molecule has 0 bridgehead atoms. The van der Waals surface area contributed by atoms with Crippen LogP contribution < -0.4 is 4.74 Å². The van der Waals surface area contributed by atoms with E-state index >= 15 is 0 Å². The number of para-hydroxylation sites is 1. The van der Waals surface area contributed by atoms with Gasteiger partial charge in [-0.05, 0) is 44.2 Å². The average Bonchev–Trinajstić information content (AvgIpc) is 3.04. The molecule has 0 aliphatic heterocycles. The van der Waals surface area contributed by atoms with Crippen molar-refractivity contribution in [3.8, 4) is 17.3 Å². The van der Waals surface area contributed by atoms with Gasteiger partial charge in [0.15, 0.2) is 0 Å². The Labute approximate surface area is 143 Å². The minimum atomic E-state index is -0.548. The van der Waals surface area contributed by atoms with Gasteiger partial charge in [-0.2, -0.15) is 14.5 Å². The van der Waals surface area contributed by atoms with E-state index in [2.05, 4.69) is 15.1 Å². The van der Waals surface area contributed by atoms with E-state index in [-0.39, 0.29) is 11.6 Å². The molecule has 0 saturated heterocycles. The van der Waals surface area contributed by atoms with E-state index in [0.717, 1.165) is 16.6 Å². The average molecular weight is 334 g/mol. The van der Waals surface area contributed by atoms with Gasteiger partial charge in [-0.1, -0.05) is 18.2 Å². The molecule has 6 heteroatoms. The highest BCUT2D eigenvalue weighted by Gasteiger charge is 2.12. The first-order valence-electron chi connectivity index (χ1n) is 7.83. The van der Waals surface area contributed by atoms with Crippen molar-refractivity contribution in [3.05, 3.63) is 72.1 Å². The van der Waals surface area contributed by atoms with Crippen molar-refractivity contribution in [1.29, 1.82) is 0 Å². The smallest absolute Gasteiger partial charge is 0.259 e. The van der Waals surface area contributed by atoms with Crippen LogP contribution in [0.3, 0.4) is 0 Å². The molecule has 0 N–H and O–H groups in total. The van der Waals surface area contributed by atoms with Gasteiger partial charge in [-0.3, -0.25) is 0 Å². The highest BCUT2D eigenvalue weighted by atomic mass is 19.1. The summed E-state index contributed by atoms with van der Waals surface area (Å²) in [6, 6.07) is 15.2. The molecule has 2 heterocycles. The Kier molecular flexibility index (Phi) is 3.65. The number of hydrogen-bond acceptors (Lipinski definition) is 4. The minimum absolute atomic E-state index is 0.0673. The van der Waals surface area contributed by atoms with Gasteiger partial charge in [0.1, 0.15) is 11.6 Å². The molecule has 0 amide bonds. The molecule has 2 aromatic heterocycles. The molecule has 0 aliphatic carbocycles. The zero-order valence-electron chi connectivity index (χ0n) is 13.8. The molecule has 0 unspecified atom stereocenters. The summed E-state index contributed by atoms with van der Waals surface area (Å²) in [5.74, 6) is 0.347. The van der Waals surface area contributed by atoms with Gasteiger partial charge < -0.3 is 4.74 Å². The van der Waals surface area contributed by atoms with Crippen LogP contribution in [-0.4, -0.2) is 19.7 Å². The molecule has 0 radical (unpaired) electrons. The molecule has 2 aromatic carbocycles. The van der Waals surface area contributed by atoms with E-state index in [0.29, 0.717) is 11.6 Å². The Morgan fingerprint density at radius 2 is 1.72 bits per heavy atom. The molecule has 0 spiro atoms. The summed E-state index contributed by atoms with van der Waals surface area (Å²) in [5, 5.41) is 5.48. The monoisotopic (exact) mass is 334 g/mol. The molecule has 0 saturated carbocycles. The van der Waals surface area contributed by atoms with Crippen LogP contribution in [0.4, 0.5) is 4.39 Å². The third-order valence-corrected chi connectivity index (χ3v) is 3.87. The summed E-state index contributed by atoms with van der Waals surface area (Å²) >= 11 is 0. The molecular formula is C19H15FN4O. The molecule has 5 nitrogen and oxygen atoms in total. The maximum atomic E-state index is 14.1. The van der Waals surface area contributed by atoms with Crippen LogP contribution in [0.15, 0.2) is 54.7 Å². The van der Waals surface area contributed by atoms with Crippen molar-refractivity contribution in [2.75, 3.05) is 0 Å². The molecule has 25 heavy (non-hydrogen) atoms. The van der Waals surface area contributed by atoms with Crippen molar-refractivity contribution in [2.24, 2.45) is 0 Å². The Balaban J connectivity index is 1.65. The van der Waals surface area contributed by atoms with E-state index in [9.17, 15) is 4.39 Å². The lowest BCUT2D eigenvalue weighted by Gasteiger charge is -2.09. The number of ether oxygens (including phenoxy) is 1. The van der Waals surface area contributed by atoms with Crippen molar-refractivity contribution in [3.63, 3.8) is 0 Å². The summed E-state index contributed by atoms with van der Waals surface area (Å²) in [5.41, 5.74) is 2.18. The fourth-order valence-electron chi connectivity index (χ4n) is 2.68. The fraction of sp³-hybridized carbons (Fsp3) is 0.105. The predicted molar refractivity (Wildman–Crippen MR) is 92.6 cm³/mol. The second kappa shape index (κ2) is 5.98. The SMILES string of the molecule is Cc1nc(C)c(F)c(Oc2ccc(-n3ncc4ccccc43)cc2)n1. The first kappa shape index (κ1) is 15.3. The van der Waals surface area contributed by atoms with Gasteiger partial charge in [0.2, 0.25) is 5.82 Å². The van der Waals surface area contributed by atoms with E-state index in [4.69, 9.17) is 4.74 Å². The normalized spacial score (nSPS) is 11.0. The van der Waals surface area contributed by atoms with Crippen molar-refractivity contribution >= 4 is 10.9 Å². The number of hydrogen-bond donors (Lipinski definition) is 0. The van der Waals surface area contributed by atoms with E-state index in [1.54, 1.807) is 26.0 Å². The first-order valence-corrected chi connectivity index (χ1v) is 7.83. The van der Waals surface area contributed by atoms with Crippen molar-refractivity contribution in [1.82, 2.24) is 19.7 Å². The maximum Gasteiger partial charge on any atom is 0.259 e. The zero-order valence-corrected chi connectivity index (χ0v) is 13.8. The standard InChI is InChI=1S/C19H15FN4O/c1-12-18(20)19(23-13(2)22-12)25-16-9-7-15(8-10-16)24-17-6-4-3-5-14(17)11-21-24/h3-11H,1-2H3. The molecule has 4 aromatic rings. The lowest BCUT2D eigenvalue weighted by molar-refractivity contribution is 0.414. The van der Waals surface area contributed by atoms with E-state index in [1.165, 1.54) is 0 Å². The van der Waals surface area contributed by atoms with Crippen LogP contribution >= 0.6 is 0 Å². The highest BCUT2D eigenvalue weighted by molar-refractivity contribution is 5.80. The molecule has 0 fully saturated rings. The number of nitrogens with zero attached hydrogens (tertiary/aromatic N) is 4. The summed E-state index contributed by atoms with van der Waals surface area (Å²) in [4.78, 5) is 7.99. The number of aryl methyl sites for hydroxylation is 2. The highest BCUT2D eigenvalue weighted by Crippen LogP contribution is 2.25. The number of halogens is 1. The lowest BCUT2D eigenvalue weighted by Crippen LogP contribution is -2.01. The first-order chi connectivity index (χ1) is 12.1. The van der Waals surface area contributed by atoms with Crippen LogP contribution in [0.1, 0.15) is 11.5 Å². The maximum absolute atomic E-state index is 14.1. The van der Waals surface area contributed by atoms with Crippen LogP contribution in [-0.2, 0) is 0 Å². The zero-order chi connectivity index (χ0) is 17.4. The van der Waals surface area contributed by atoms with Gasteiger partial charge in [-0.25, -0.2) is 9.67 Å². The molecule has 124 valence electrons. The molecule has 0 aliphatic rings. The largest absolute Gasteiger partial charge is 0.436 e. The fourth-order valence-corrected chi connectivity index (χ4v) is 2.68.